The molecule has 2 aliphatic heterocycles. The number of hydrogen-bond donors (Lipinski definition) is 3. The number of piperazine rings is 1. The fourth-order valence-corrected chi connectivity index (χ4v) is 6.43. The van der Waals surface area contributed by atoms with Gasteiger partial charge in [0.25, 0.3) is 5.91 Å². The van der Waals surface area contributed by atoms with E-state index in [1.807, 2.05) is 25.1 Å². The Balaban J connectivity index is 1.70. The molecule has 1 aromatic carbocycles. The van der Waals surface area contributed by atoms with Crippen LogP contribution in [0.1, 0.15) is 24.0 Å². The molecule has 0 aliphatic carbocycles. The molecular formula is C20H30N4O6S. The highest BCUT2D eigenvalue weighted by atomic mass is 32.2. The predicted octanol–water partition coefficient (Wildman–Crippen LogP) is 1.02. The number of sulfonamides is 1. The summed E-state index contributed by atoms with van der Waals surface area (Å²) in [5, 5.41) is 18.3. The zero-order chi connectivity index (χ0) is 22.8. The van der Waals surface area contributed by atoms with Gasteiger partial charge in [0.2, 0.25) is 10.0 Å². The minimum atomic E-state index is -3.79. The molecule has 3 rings (SSSR count). The van der Waals surface area contributed by atoms with E-state index in [0.717, 1.165) is 10.6 Å². The summed E-state index contributed by atoms with van der Waals surface area (Å²) in [6, 6.07) is 6.06. The molecule has 2 aliphatic rings. The lowest BCUT2D eigenvalue weighted by molar-refractivity contribution is -0.141. The minimum Gasteiger partial charge on any atom is -0.465 e. The van der Waals surface area contributed by atoms with Crippen LogP contribution < -0.4 is 10.4 Å². The largest absolute Gasteiger partial charge is 0.465 e. The molecule has 0 spiro atoms. The van der Waals surface area contributed by atoms with Crippen LogP contribution >= 0.6 is 0 Å². The van der Waals surface area contributed by atoms with E-state index in [1.54, 1.807) is 5.48 Å². The van der Waals surface area contributed by atoms with Gasteiger partial charge in [-0.2, -0.15) is 4.31 Å². The zero-order valence-electron chi connectivity index (χ0n) is 17.9. The molecule has 31 heavy (non-hydrogen) atoms. The number of benzene rings is 1. The number of hydrogen-bond acceptors (Lipinski definition) is 6. The van der Waals surface area contributed by atoms with Crippen LogP contribution in [-0.4, -0.2) is 85.0 Å². The first kappa shape index (κ1) is 23.3. The molecule has 2 amide bonds. The molecular weight excluding hydrogens is 424 g/mol. The molecule has 0 atom stereocenters. The van der Waals surface area contributed by atoms with Gasteiger partial charge in [0.05, 0.1) is 11.2 Å². The lowest BCUT2D eigenvalue weighted by atomic mass is 9.79. The minimum absolute atomic E-state index is 0.0351. The molecule has 11 heteroatoms. The SMILES string of the molecule is Cc1cccc(N2CCN(S(=O)(=O)CC3(C(=O)NO)CCN(C(=O)O)CC3)CC2)c1C. The van der Waals surface area contributed by atoms with Crippen molar-refractivity contribution in [3.05, 3.63) is 29.3 Å². The molecule has 0 radical (unpaired) electrons. The summed E-state index contributed by atoms with van der Waals surface area (Å²) in [4.78, 5) is 26.9. The van der Waals surface area contributed by atoms with Crippen molar-refractivity contribution in [1.82, 2.24) is 14.7 Å². The van der Waals surface area contributed by atoms with Gasteiger partial charge >= 0.3 is 6.09 Å². The second-order valence-electron chi connectivity index (χ2n) is 8.35. The molecule has 10 nitrogen and oxygen atoms in total. The van der Waals surface area contributed by atoms with Crippen molar-refractivity contribution >= 4 is 27.7 Å². The molecule has 2 fully saturated rings. The number of piperidine rings is 1. The normalized spacial score (nSPS) is 19.8. The first-order chi connectivity index (χ1) is 14.6. The Hall–Kier alpha value is -2.37. The second-order valence-corrected chi connectivity index (χ2v) is 10.3. The van der Waals surface area contributed by atoms with Crippen molar-refractivity contribution in [2.45, 2.75) is 26.7 Å². The number of carbonyl (C=O) groups is 2. The third kappa shape index (κ3) is 4.78. The average Bonchev–Trinajstić information content (AvgIpc) is 2.75. The number of nitrogens with one attached hydrogen (secondary N) is 1. The summed E-state index contributed by atoms with van der Waals surface area (Å²) in [5.41, 5.74) is 3.67. The molecule has 2 saturated heterocycles. The maximum atomic E-state index is 13.2. The highest BCUT2D eigenvalue weighted by Gasteiger charge is 2.47. The fourth-order valence-electron chi connectivity index (χ4n) is 4.41. The summed E-state index contributed by atoms with van der Waals surface area (Å²) >= 11 is 0. The van der Waals surface area contributed by atoms with Crippen molar-refractivity contribution in [3.8, 4) is 0 Å². The first-order valence-corrected chi connectivity index (χ1v) is 11.9. The van der Waals surface area contributed by atoms with Gasteiger partial charge in [-0.05, 0) is 43.9 Å². The van der Waals surface area contributed by atoms with E-state index in [-0.39, 0.29) is 25.9 Å². The van der Waals surface area contributed by atoms with E-state index in [1.165, 1.54) is 15.4 Å². The number of hydroxylamine groups is 1. The number of rotatable bonds is 5. The van der Waals surface area contributed by atoms with Gasteiger partial charge in [-0.1, -0.05) is 12.1 Å². The van der Waals surface area contributed by atoms with E-state index < -0.39 is 33.2 Å². The number of anilines is 1. The summed E-state index contributed by atoms with van der Waals surface area (Å²) in [5.74, 6) is -1.24. The summed E-state index contributed by atoms with van der Waals surface area (Å²) in [6.45, 7) is 5.85. The van der Waals surface area contributed by atoms with Gasteiger partial charge in [0.1, 0.15) is 0 Å². The Morgan fingerprint density at radius 3 is 2.23 bits per heavy atom. The monoisotopic (exact) mass is 454 g/mol. The second kappa shape index (κ2) is 9.01. The van der Waals surface area contributed by atoms with E-state index in [4.69, 9.17) is 5.11 Å². The highest BCUT2D eigenvalue weighted by Crippen LogP contribution is 2.35. The topological polar surface area (TPSA) is 130 Å². The van der Waals surface area contributed by atoms with Crippen molar-refractivity contribution in [1.29, 1.82) is 0 Å². The summed E-state index contributed by atoms with van der Waals surface area (Å²) in [7, 11) is -3.79. The number of likely N-dealkylation sites (tertiary alicyclic amines) is 1. The smallest absolute Gasteiger partial charge is 0.407 e. The predicted molar refractivity (Wildman–Crippen MR) is 115 cm³/mol. The van der Waals surface area contributed by atoms with Crippen molar-refractivity contribution in [3.63, 3.8) is 0 Å². The lowest BCUT2D eigenvalue weighted by Gasteiger charge is -2.41. The maximum Gasteiger partial charge on any atom is 0.407 e. The molecule has 1 aromatic rings. The number of carbonyl (C=O) groups excluding carboxylic acids is 1. The van der Waals surface area contributed by atoms with E-state index in [2.05, 4.69) is 11.8 Å². The third-order valence-corrected chi connectivity index (χ3v) is 8.65. The van der Waals surface area contributed by atoms with Crippen LogP contribution in [0.2, 0.25) is 0 Å². The van der Waals surface area contributed by atoms with Crippen LogP contribution in [0.4, 0.5) is 10.5 Å². The van der Waals surface area contributed by atoms with E-state index >= 15 is 0 Å². The molecule has 172 valence electrons. The third-order valence-electron chi connectivity index (χ3n) is 6.58. The van der Waals surface area contributed by atoms with Gasteiger partial charge in [0, 0.05) is 45.0 Å². The Kier molecular flexibility index (Phi) is 6.77. The van der Waals surface area contributed by atoms with Crippen molar-refractivity contribution in [2.75, 3.05) is 49.9 Å². The van der Waals surface area contributed by atoms with Crippen LogP contribution in [0, 0.1) is 19.3 Å². The Labute approximate surface area is 182 Å². The zero-order valence-corrected chi connectivity index (χ0v) is 18.7. The first-order valence-electron chi connectivity index (χ1n) is 10.3. The molecule has 0 saturated carbocycles. The van der Waals surface area contributed by atoms with E-state index in [9.17, 15) is 23.2 Å². The van der Waals surface area contributed by atoms with Gasteiger partial charge < -0.3 is 14.9 Å². The van der Waals surface area contributed by atoms with Crippen LogP contribution in [0.15, 0.2) is 18.2 Å². The fraction of sp³-hybridized carbons (Fsp3) is 0.600. The number of aryl methyl sites for hydroxylation is 1. The molecule has 0 unspecified atom stereocenters. The lowest BCUT2D eigenvalue weighted by Crippen LogP contribution is -2.56. The molecule has 0 aromatic heterocycles. The van der Waals surface area contributed by atoms with Gasteiger partial charge in [-0.15, -0.1) is 0 Å². The quantitative estimate of drug-likeness (QED) is 0.447. The highest BCUT2D eigenvalue weighted by molar-refractivity contribution is 7.89. The summed E-state index contributed by atoms with van der Waals surface area (Å²) < 4.78 is 27.7. The number of nitrogens with zero attached hydrogens (tertiary/aromatic N) is 3. The average molecular weight is 455 g/mol. The van der Waals surface area contributed by atoms with Gasteiger partial charge in [-0.3, -0.25) is 10.0 Å². The van der Waals surface area contributed by atoms with Crippen molar-refractivity contribution < 1.29 is 28.3 Å². The Morgan fingerprint density at radius 1 is 1.06 bits per heavy atom. The van der Waals surface area contributed by atoms with E-state index in [0.29, 0.717) is 26.2 Å². The van der Waals surface area contributed by atoms with Crippen LogP contribution in [0.5, 0.6) is 0 Å². The molecule has 2 heterocycles. The Bertz CT molecular complexity index is 935. The van der Waals surface area contributed by atoms with Crippen molar-refractivity contribution in [2.24, 2.45) is 5.41 Å². The Morgan fingerprint density at radius 2 is 1.68 bits per heavy atom. The molecule has 0 bridgehead atoms. The summed E-state index contributed by atoms with van der Waals surface area (Å²) in [6.07, 6.45) is -1.04. The molecule has 3 N–H and O–H groups in total. The van der Waals surface area contributed by atoms with Crippen LogP contribution in [-0.2, 0) is 14.8 Å². The maximum absolute atomic E-state index is 13.2. The standard InChI is InChI=1S/C20H30N4O6S/c1-15-4-3-5-17(16(15)2)22-10-12-24(13-11-22)31(29,30)14-20(18(25)21-28)6-8-23(9-7-20)19(26)27/h3-5,28H,6-14H2,1-2H3,(H,21,25)(H,26,27). The van der Waals surface area contributed by atoms with Crippen LogP contribution in [0.25, 0.3) is 0 Å². The van der Waals surface area contributed by atoms with Gasteiger partial charge in [0.15, 0.2) is 0 Å². The van der Waals surface area contributed by atoms with Gasteiger partial charge in [-0.25, -0.2) is 18.7 Å². The number of amides is 2. The van der Waals surface area contributed by atoms with Crippen LogP contribution in [0.3, 0.4) is 0 Å². The number of carboxylic acid groups (broad SMARTS) is 1.